The highest BCUT2D eigenvalue weighted by Crippen LogP contribution is 2.29. The first kappa shape index (κ1) is 10.6. The minimum Gasteiger partial charge on any atom is -0.305 e. The molecule has 0 radical (unpaired) electrons. The summed E-state index contributed by atoms with van der Waals surface area (Å²) in [5.41, 5.74) is -0.170. The fourth-order valence-electron chi connectivity index (χ4n) is 2.20. The minimum absolute atomic E-state index is 0.0506. The van der Waals surface area contributed by atoms with Gasteiger partial charge in [-0.05, 0) is 31.4 Å². The normalized spacial score (nSPS) is 16.1. The third kappa shape index (κ3) is 1.52. The Balaban J connectivity index is 2.39. The summed E-state index contributed by atoms with van der Waals surface area (Å²) in [7, 11) is 0. The van der Waals surface area contributed by atoms with Crippen LogP contribution in [0.4, 0.5) is 0 Å². The molecule has 0 aliphatic heterocycles. The molecule has 1 aromatic carbocycles. The summed E-state index contributed by atoms with van der Waals surface area (Å²) in [6.45, 7) is 0. The molecule has 5 heteroatoms. The first-order valence-electron chi connectivity index (χ1n) is 5.61. The second kappa shape index (κ2) is 3.74. The van der Waals surface area contributed by atoms with Crippen molar-refractivity contribution in [2.24, 2.45) is 0 Å². The lowest BCUT2D eigenvalue weighted by atomic mass is 9.93. The van der Waals surface area contributed by atoms with Gasteiger partial charge in [0.15, 0.2) is 0 Å². The lowest BCUT2D eigenvalue weighted by Gasteiger charge is -2.26. The quantitative estimate of drug-likeness (QED) is 0.842. The summed E-state index contributed by atoms with van der Waals surface area (Å²) < 4.78 is 1.32. The van der Waals surface area contributed by atoms with Gasteiger partial charge >= 0.3 is 5.69 Å². The zero-order valence-corrected chi connectivity index (χ0v) is 9.83. The fourth-order valence-corrected chi connectivity index (χ4v) is 2.42. The van der Waals surface area contributed by atoms with Crippen LogP contribution in [-0.2, 0) is 0 Å². The Labute approximate surface area is 102 Å². The smallest absolute Gasteiger partial charge is 0.305 e. The van der Waals surface area contributed by atoms with Crippen molar-refractivity contribution >= 4 is 22.5 Å². The number of hydrogen-bond acceptors (Lipinski definition) is 2. The van der Waals surface area contributed by atoms with E-state index in [2.05, 4.69) is 4.98 Å². The molecule has 2 aromatic rings. The standard InChI is InChI=1S/C12H11ClN2O2/c13-9-6-2-5-8-10(9)14-12(17)15(11(8)16)7-3-1-4-7/h2,5-7H,1,3-4H2,(H,14,17). The maximum absolute atomic E-state index is 12.2. The summed E-state index contributed by atoms with van der Waals surface area (Å²) in [6, 6.07) is 5.12. The Morgan fingerprint density at radius 2 is 2.06 bits per heavy atom. The molecular formula is C12H11ClN2O2. The second-order valence-corrected chi connectivity index (χ2v) is 4.76. The van der Waals surface area contributed by atoms with Gasteiger partial charge < -0.3 is 4.98 Å². The van der Waals surface area contributed by atoms with E-state index in [4.69, 9.17) is 11.6 Å². The summed E-state index contributed by atoms with van der Waals surface area (Å²) in [5.74, 6) is 0. The van der Waals surface area contributed by atoms with Crippen LogP contribution in [0.2, 0.25) is 5.02 Å². The van der Waals surface area contributed by atoms with Crippen LogP contribution in [0.3, 0.4) is 0 Å². The molecule has 88 valence electrons. The van der Waals surface area contributed by atoms with Gasteiger partial charge in [0, 0.05) is 6.04 Å². The van der Waals surface area contributed by atoms with E-state index in [-0.39, 0.29) is 17.3 Å². The molecule has 1 saturated carbocycles. The number of rotatable bonds is 1. The van der Waals surface area contributed by atoms with E-state index in [0.29, 0.717) is 15.9 Å². The summed E-state index contributed by atoms with van der Waals surface area (Å²) >= 11 is 5.96. The van der Waals surface area contributed by atoms with Gasteiger partial charge in [-0.15, -0.1) is 0 Å². The van der Waals surface area contributed by atoms with Crippen molar-refractivity contribution in [1.82, 2.24) is 9.55 Å². The van der Waals surface area contributed by atoms with Crippen molar-refractivity contribution in [2.45, 2.75) is 25.3 Å². The van der Waals surface area contributed by atoms with Crippen molar-refractivity contribution in [2.75, 3.05) is 0 Å². The number of aromatic amines is 1. The molecule has 0 spiro atoms. The van der Waals surface area contributed by atoms with Gasteiger partial charge in [-0.3, -0.25) is 9.36 Å². The molecule has 4 nitrogen and oxygen atoms in total. The van der Waals surface area contributed by atoms with Crippen molar-refractivity contribution in [3.63, 3.8) is 0 Å². The topological polar surface area (TPSA) is 54.9 Å². The number of nitrogens with one attached hydrogen (secondary N) is 1. The van der Waals surface area contributed by atoms with Gasteiger partial charge in [0.1, 0.15) is 0 Å². The minimum atomic E-state index is -0.361. The Bertz CT molecular complexity index is 698. The van der Waals surface area contributed by atoms with Gasteiger partial charge in [0.25, 0.3) is 5.56 Å². The largest absolute Gasteiger partial charge is 0.329 e. The fraction of sp³-hybridized carbons (Fsp3) is 0.333. The number of nitrogens with zero attached hydrogens (tertiary/aromatic N) is 1. The van der Waals surface area contributed by atoms with E-state index in [1.807, 2.05) is 0 Å². The van der Waals surface area contributed by atoms with E-state index in [0.717, 1.165) is 19.3 Å². The lowest BCUT2D eigenvalue weighted by molar-refractivity contribution is 0.298. The number of benzene rings is 1. The number of aromatic nitrogens is 2. The van der Waals surface area contributed by atoms with Crippen molar-refractivity contribution in [3.05, 3.63) is 44.1 Å². The highest BCUT2D eigenvalue weighted by atomic mass is 35.5. The third-order valence-corrected chi connectivity index (χ3v) is 3.67. The molecule has 3 rings (SSSR count). The molecule has 0 atom stereocenters. The average molecular weight is 251 g/mol. The number of H-pyrrole nitrogens is 1. The average Bonchev–Trinajstić information content (AvgIpc) is 2.23. The Morgan fingerprint density at radius 1 is 1.29 bits per heavy atom. The molecule has 17 heavy (non-hydrogen) atoms. The maximum atomic E-state index is 12.2. The molecule has 1 aliphatic rings. The molecule has 1 fully saturated rings. The molecule has 1 aromatic heterocycles. The van der Waals surface area contributed by atoms with Crippen molar-refractivity contribution in [1.29, 1.82) is 0 Å². The van der Waals surface area contributed by atoms with Gasteiger partial charge in [-0.1, -0.05) is 17.7 Å². The number of fused-ring (bicyclic) bond motifs is 1. The van der Waals surface area contributed by atoms with Crippen LogP contribution in [0.15, 0.2) is 27.8 Å². The monoisotopic (exact) mass is 250 g/mol. The molecule has 0 amide bonds. The van der Waals surface area contributed by atoms with Crippen LogP contribution in [0.1, 0.15) is 25.3 Å². The SMILES string of the molecule is O=c1[nH]c2c(Cl)cccc2c(=O)n1C1CCC1. The first-order valence-corrected chi connectivity index (χ1v) is 5.99. The van der Waals surface area contributed by atoms with Gasteiger partial charge in [-0.2, -0.15) is 0 Å². The highest BCUT2D eigenvalue weighted by molar-refractivity contribution is 6.34. The van der Waals surface area contributed by atoms with Gasteiger partial charge in [-0.25, -0.2) is 4.79 Å². The van der Waals surface area contributed by atoms with Crippen LogP contribution < -0.4 is 11.2 Å². The highest BCUT2D eigenvalue weighted by Gasteiger charge is 2.23. The van der Waals surface area contributed by atoms with Gasteiger partial charge in [0.2, 0.25) is 0 Å². The van der Waals surface area contributed by atoms with E-state index >= 15 is 0 Å². The molecular weight excluding hydrogens is 240 g/mol. The Hall–Kier alpha value is -1.55. The molecule has 0 saturated heterocycles. The van der Waals surface area contributed by atoms with Crippen LogP contribution in [0, 0.1) is 0 Å². The van der Waals surface area contributed by atoms with Crippen LogP contribution in [-0.4, -0.2) is 9.55 Å². The summed E-state index contributed by atoms with van der Waals surface area (Å²) in [6.07, 6.45) is 2.87. The third-order valence-electron chi connectivity index (χ3n) is 3.35. The van der Waals surface area contributed by atoms with Crippen LogP contribution in [0.5, 0.6) is 0 Å². The predicted octanol–water partition coefficient (Wildman–Crippen LogP) is 2.07. The van der Waals surface area contributed by atoms with E-state index in [1.54, 1.807) is 18.2 Å². The van der Waals surface area contributed by atoms with E-state index in [1.165, 1.54) is 4.57 Å². The van der Waals surface area contributed by atoms with Crippen molar-refractivity contribution in [3.8, 4) is 0 Å². The van der Waals surface area contributed by atoms with E-state index in [9.17, 15) is 9.59 Å². The molecule has 1 N–H and O–H groups in total. The van der Waals surface area contributed by atoms with Crippen molar-refractivity contribution < 1.29 is 0 Å². The molecule has 1 aliphatic carbocycles. The molecule has 0 bridgehead atoms. The zero-order chi connectivity index (χ0) is 12.0. The van der Waals surface area contributed by atoms with Crippen LogP contribution in [0.25, 0.3) is 10.9 Å². The Kier molecular flexibility index (Phi) is 2.33. The summed E-state index contributed by atoms with van der Waals surface area (Å²) in [5, 5.41) is 0.876. The molecule has 1 heterocycles. The molecule has 0 unspecified atom stereocenters. The van der Waals surface area contributed by atoms with Gasteiger partial charge in [0.05, 0.1) is 15.9 Å². The van der Waals surface area contributed by atoms with Crippen LogP contribution >= 0.6 is 11.6 Å². The lowest BCUT2D eigenvalue weighted by Crippen LogP contribution is -2.40. The second-order valence-electron chi connectivity index (χ2n) is 4.35. The predicted molar refractivity (Wildman–Crippen MR) is 66.7 cm³/mol. The Morgan fingerprint density at radius 3 is 2.71 bits per heavy atom. The number of hydrogen-bond donors (Lipinski definition) is 1. The summed E-state index contributed by atoms with van der Waals surface area (Å²) in [4.78, 5) is 26.8. The first-order chi connectivity index (χ1) is 8.18. The number of para-hydroxylation sites is 1. The van der Waals surface area contributed by atoms with E-state index < -0.39 is 0 Å². The maximum Gasteiger partial charge on any atom is 0.329 e. The number of halogens is 1. The zero-order valence-electron chi connectivity index (χ0n) is 9.07.